The maximum atomic E-state index is 13.6. The lowest BCUT2D eigenvalue weighted by Crippen LogP contribution is -2.58. The van der Waals surface area contributed by atoms with Gasteiger partial charge >= 0.3 is 0 Å². The zero-order valence-electron chi connectivity index (χ0n) is 16.0. The van der Waals surface area contributed by atoms with E-state index in [1.54, 1.807) is 0 Å². The molecular weight excluding hydrogens is 326 g/mol. The molecule has 2 fully saturated rings. The molecule has 0 aromatic heterocycles. The Hall–Kier alpha value is -1.39. The van der Waals surface area contributed by atoms with Gasteiger partial charge in [-0.15, -0.1) is 0 Å². The van der Waals surface area contributed by atoms with E-state index in [4.69, 9.17) is 0 Å². The van der Waals surface area contributed by atoms with Gasteiger partial charge in [0.25, 0.3) is 0 Å². The minimum atomic E-state index is -0.651. The molecule has 1 amide bonds. The summed E-state index contributed by atoms with van der Waals surface area (Å²) in [5.41, 5.74) is 0.230. The van der Waals surface area contributed by atoms with Gasteiger partial charge in [0.15, 0.2) is 0 Å². The second-order valence-corrected chi connectivity index (χ2v) is 8.30. The zero-order valence-corrected chi connectivity index (χ0v) is 16.0. The second-order valence-electron chi connectivity index (χ2n) is 8.30. The molecule has 4 heteroatoms. The Morgan fingerprint density at radius 3 is 2.42 bits per heavy atom. The number of likely N-dealkylation sites (tertiary alicyclic amines) is 1. The van der Waals surface area contributed by atoms with Crippen molar-refractivity contribution in [3.05, 3.63) is 35.9 Å². The Kier molecular flexibility index (Phi) is 6.03. The first-order chi connectivity index (χ1) is 12.6. The zero-order chi connectivity index (χ0) is 18.6. The Bertz CT molecular complexity index is 597. The number of β-amino-alcohol motifs (C(OH)–C–C–N with tert-alkyl or cyclic N) is 1. The van der Waals surface area contributed by atoms with Crippen molar-refractivity contribution >= 4 is 5.91 Å². The van der Waals surface area contributed by atoms with Gasteiger partial charge in [-0.25, -0.2) is 0 Å². The van der Waals surface area contributed by atoms with Crippen molar-refractivity contribution in [1.82, 2.24) is 4.90 Å². The van der Waals surface area contributed by atoms with Crippen molar-refractivity contribution in [3.8, 4) is 0 Å². The van der Waals surface area contributed by atoms with E-state index in [0.717, 1.165) is 44.1 Å². The van der Waals surface area contributed by atoms with Crippen LogP contribution >= 0.6 is 0 Å². The normalized spacial score (nSPS) is 28.7. The topological polar surface area (TPSA) is 60.8 Å². The van der Waals surface area contributed by atoms with Gasteiger partial charge in [-0.05, 0) is 31.2 Å². The minimum Gasteiger partial charge on any atom is -0.396 e. The molecule has 0 unspecified atom stereocenters. The molecule has 2 atom stereocenters. The summed E-state index contributed by atoms with van der Waals surface area (Å²) < 4.78 is 0. The Labute approximate surface area is 157 Å². The minimum absolute atomic E-state index is 0.00609. The van der Waals surface area contributed by atoms with Gasteiger partial charge in [0.2, 0.25) is 5.91 Å². The van der Waals surface area contributed by atoms with Crippen molar-refractivity contribution in [2.24, 2.45) is 5.41 Å². The summed E-state index contributed by atoms with van der Waals surface area (Å²) in [6, 6.07) is 10.2. The first-order valence-electron chi connectivity index (χ1n) is 10.2. The van der Waals surface area contributed by atoms with Crippen LogP contribution in [-0.4, -0.2) is 46.8 Å². The summed E-state index contributed by atoms with van der Waals surface area (Å²) in [6.07, 6.45) is 6.88. The van der Waals surface area contributed by atoms with Gasteiger partial charge in [0, 0.05) is 18.5 Å². The number of benzene rings is 1. The average molecular weight is 360 g/mol. The van der Waals surface area contributed by atoms with Crippen molar-refractivity contribution in [3.63, 3.8) is 0 Å². The highest BCUT2D eigenvalue weighted by molar-refractivity contribution is 5.88. The number of hydrogen-bond donors (Lipinski definition) is 2. The van der Waals surface area contributed by atoms with Crippen LogP contribution in [0.5, 0.6) is 0 Å². The summed E-state index contributed by atoms with van der Waals surface area (Å²) in [7, 11) is 0. The van der Waals surface area contributed by atoms with Crippen molar-refractivity contribution in [1.29, 1.82) is 0 Å². The Balaban J connectivity index is 1.83. The van der Waals surface area contributed by atoms with Crippen LogP contribution in [0.15, 0.2) is 30.3 Å². The predicted octanol–water partition coefficient (Wildman–Crippen LogP) is 3.26. The highest BCUT2D eigenvalue weighted by atomic mass is 16.3. The van der Waals surface area contributed by atoms with E-state index in [1.165, 1.54) is 6.42 Å². The summed E-state index contributed by atoms with van der Waals surface area (Å²) in [6.45, 7) is 3.04. The molecule has 26 heavy (non-hydrogen) atoms. The smallest absolute Gasteiger partial charge is 0.233 e. The van der Waals surface area contributed by atoms with E-state index in [9.17, 15) is 15.0 Å². The molecule has 0 bridgehead atoms. The van der Waals surface area contributed by atoms with Crippen LogP contribution in [0, 0.1) is 5.41 Å². The van der Waals surface area contributed by atoms with E-state index < -0.39 is 16.9 Å². The van der Waals surface area contributed by atoms with E-state index in [2.05, 4.69) is 19.1 Å². The second kappa shape index (κ2) is 8.10. The Morgan fingerprint density at radius 2 is 1.85 bits per heavy atom. The standard InChI is InChI=1S/C22H33NO3/c1-2-11-21(17-24)14-15-23(16-19(21)25)20(26)22(12-7-4-8-13-22)18-9-5-3-6-10-18/h3,5-6,9-10,19,24-25H,2,4,7-8,11-17H2,1H3/t19-,21+/m0/s1. The van der Waals surface area contributed by atoms with Crippen LogP contribution in [0.25, 0.3) is 0 Å². The van der Waals surface area contributed by atoms with Crippen molar-refractivity contribution in [2.45, 2.75) is 69.8 Å². The third kappa shape index (κ3) is 3.41. The fraction of sp³-hybridized carbons (Fsp3) is 0.682. The van der Waals surface area contributed by atoms with Gasteiger partial charge in [-0.1, -0.05) is 62.9 Å². The van der Waals surface area contributed by atoms with Gasteiger partial charge < -0.3 is 15.1 Å². The van der Waals surface area contributed by atoms with E-state index >= 15 is 0 Å². The maximum absolute atomic E-state index is 13.6. The van der Waals surface area contributed by atoms with Crippen LogP contribution in [0.3, 0.4) is 0 Å². The lowest BCUT2D eigenvalue weighted by Gasteiger charge is -2.48. The third-order valence-corrected chi connectivity index (χ3v) is 6.77. The van der Waals surface area contributed by atoms with Gasteiger partial charge in [0.1, 0.15) is 0 Å². The molecule has 1 aliphatic heterocycles. The fourth-order valence-electron chi connectivity index (χ4n) is 5.10. The van der Waals surface area contributed by atoms with Crippen molar-refractivity contribution < 1.29 is 15.0 Å². The molecule has 144 valence electrons. The fourth-order valence-corrected chi connectivity index (χ4v) is 5.10. The molecule has 4 nitrogen and oxygen atoms in total. The molecule has 2 aliphatic rings. The number of carbonyl (C=O) groups is 1. The summed E-state index contributed by atoms with van der Waals surface area (Å²) >= 11 is 0. The van der Waals surface area contributed by atoms with Crippen LogP contribution in [-0.2, 0) is 10.2 Å². The molecule has 1 aliphatic carbocycles. The number of aliphatic hydroxyl groups excluding tert-OH is 2. The van der Waals surface area contributed by atoms with E-state index in [-0.39, 0.29) is 12.5 Å². The van der Waals surface area contributed by atoms with Crippen LogP contribution < -0.4 is 0 Å². The first kappa shape index (κ1) is 19.4. The monoisotopic (exact) mass is 359 g/mol. The largest absolute Gasteiger partial charge is 0.396 e. The highest BCUT2D eigenvalue weighted by Gasteiger charge is 2.48. The number of rotatable bonds is 5. The molecule has 1 aromatic carbocycles. The maximum Gasteiger partial charge on any atom is 0.233 e. The molecule has 3 rings (SSSR count). The average Bonchev–Trinajstić information content (AvgIpc) is 2.70. The quantitative estimate of drug-likeness (QED) is 0.848. The number of aliphatic hydroxyl groups is 2. The molecule has 1 aromatic rings. The lowest BCUT2D eigenvalue weighted by molar-refractivity contribution is -0.149. The van der Waals surface area contributed by atoms with Crippen LogP contribution in [0.4, 0.5) is 0 Å². The number of hydrogen-bond acceptors (Lipinski definition) is 3. The van der Waals surface area contributed by atoms with Gasteiger partial charge in [0.05, 0.1) is 18.1 Å². The predicted molar refractivity (Wildman–Crippen MR) is 103 cm³/mol. The molecule has 1 saturated heterocycles. The van der Waals surface area contributed by atoms with Gasteiger partial charge in [-0.3, -0.25) is 4.79 Å². The molecule has 0 radical (unpaired) electrons. The number of carbonyl (C=O) groups excluding carboxylic acids is 1. The number of piperidine rings is 1. The van der Waals surface area contributed by atoms with Gasteiger partial charge in [-0.2, -0.15) is 0 Å². The number of nitrogens with zero attached hydrogens (tertiary/aromatic N) is 1. The molecule has 0 spiro atoms. The third-order valence-electron chi connectivity index (χ3n) is 6.77. The lowest BCUT2D eigenvalue weighted by atomic mass is 9.67. The molecule has 2 N–H and O–H groups in total. The summed E-state index contributed by atoms with van der Waals surface area (Å²) in [5.74, 6) is 0.172. The van der Waals surface area contributed by atoms with Crippen LogP contribution in [0.2, 0.25) is 0 Å². The first-order valence-corrected chi connectivity index (χ1v) is 10.2. The van der Waals surface area contributed by atoms with E-state index in [0.29, 0.717) is 19.5 Å². The van der Waals surface area contributed by atoms with Crippen molar-refractivity contribution in [2.75, 3.05) is 19.7 Å². The molecular formula is C22H33NO3. The van der Waals surface area contributed by atoms with Crippen LogP contribution in [0.1, 0.15) is 63.9 Å². The summed E-state index contributed by atoms with van der Waals surface area (Å²) in [4.78, 5) is 15.5. The number of amides is 1. The van der Waals surface area contributed by atoms with E-state index in [1.807, 2.05) is 23.1 Å². The Morgan fingerprint density at radius 1 is 1.15 bits per heavy atom. The SMILES string of the molecule is CCC[C@]1(CO)CCN(C(=O)C2(c3ccccc3)CCCCC2)C[C@@H]1O. The molecule has 1 saturated carbocycles. The highest BCUT2D eigenvalue weighted by Crippen LogP contribution is 2.43. The molecule has 1 heterocycles. The summed E-state index contributed by atoms with van der Waals surface area (Å²) in [5, 5.41) is 20.7.